The predicted octanol–water partition coefficient (Wildman–Crippen LogP) is 3.42. The standard InChI is InChI=1S/C16H14Cl2N2O3/c1-23-15(21)9-13(11-4-2-3-5-12(11)17)20-16(22)10-6-7-19-14(18)8-10/h2-8,13H,9H2,1H3,(H,20,22). The first-order valence-electron chi connectivity index (χ1n) is 6.75. The Labute approximate surface area is 143 Å². The molecular weight excluding hydrogens is 339 g/mol. The van der Waals surface area contributed by atoms with Crippen molar-refractivity contribution >= 4 is 35.1 Å². The van der Waals surface area contributed by atoms with E-state index in [0.29, 0.717) is 16.1 Å². The first kappa shape index (κ1) is 17.2. The zero-order chi connectivity index (χ0) is 16.8. The van der Waals surface area contributed by atoms with Crippen molar-refractivity contribution in [3.63, 3.8) is 0 Å². The van der Waals surface area contributed by atoms with Crippen LogP contribution in [-0.2, 0) is 9.53 Å². The Morgan fingerprint density at radius 2 is 2.00 bits per heavy atom. The fourth-order valence-corrected chi connectivity index (χ4v) is 2.47. The number of carbonyl (C=O) groups excluding carboxylic acids is 2. The molecule has 0 aliphatic rings. The number of hydrogen-bond donors (Lipinski definition) is 1. The van der Waals surface area contributed by atoms with Crippen molar-refractivity contribution < 1.29 is 14.3 Å². The van der Waals surface area contributed by atoms with E-state index < -0.39 is 12.0 Å². The third-order valence-electron chi connectivity index (χ3n) is 3.17. The normalized spacial score (nSPS) is 11.6. The Kier molecular flexibility index (Phi) is 5.96. The van der Waals surface area contributed by atoms with Gasteiger partial charge in [0.1, 0.15) is 5.15 Å². The average Bonchev–Trinajstić information content (AvgIpc) is 2.54. The van der Waals surface area contributed by atoms with Gasteiger partial charge in [0.2, 0.25) is 0 Å². The van der Waals surface area contributed by atoms with Gasteiger partial charge in [0, 0.05) is 16.8 Å². The first-order chi connectivity index (χ1) is 11.0. The third-order valence-corrected chi connectivity index (χ3v) is 3.72. The van der Waals surface area contributed by atoms with Gasteiger partial charge in [-0.1, -0.05) is 41.4 Å². The molecule has 1 unspecified atom stereocenters. The van der Waals surface area contributed by atoms with E-state index in [9.17, 15) is 9.59 Å². The second-order valence-corrected chi connectivity index (χ2v) is 5.49. The second kappa shape index (κ2) is 7.94. The van der Waals surface area contributed by atoms with E-state index in [1.807, 2.05) is 0 Å². The summed E-state index contributed by atoms with van der Waals surface area (Å²) >= 11 is 12.0. The fourth-order valence-electron chi connectivity index (χ4n) is 2.03. The lowest BCUT2D eigenvalue weighted by molar-refractivity contribution is -0.141. The van der Waals surface area contributed by atoms with Gasteiger partial charge in [-0.15, -0.1) is 0 Å². The fraction of sp³-hybridized carbons (Fsp3) is 0.188. The number of esters is 1. The molecule has 1 N–H and O–H groups in total. The van der Waals surface area contributed by atoms with Crippen molar-refractivity contribution in [3.05, 3.63) is 63.9 Å². The summed E-state index contributed by atoms with van der Waals surface area (Å²) in [7, 11) is 1.29. The van der Waals surface area contributed by atoms with E-state index in [1.165, 1.54) is 25.4 Å². The van der Waals surface area contributed by atoms with Crippen LogP contribution in [0, 0.1) is 0 Å². The minimum Gasteiger partial charge on any atom is -0.469 e. The van der Waals surface area contributed by atoms with E-state index in [0.717, 1.165) is 0 Å². The summed E-state index contributed by atoms with van der Waals surface area (Å²) in [6.45, 7) is 0. The van der Waals surface area contributed by atoms with Gasteiger partial charge in [-0.2, -0.15) is 0 Å². The summed E-state index contributed by atoms with van der Waals surface area (Å²) in [6, 6.07) is 9.34. The number of nitrogens with zero attached hydrogens (tertiary/aromatic N) is 1. The van der Waals surface area contributed by atoms with Crippen LogP contribution in [0.1, 0.15) is 28.4 Å². The smallest absolute Gasteiger partial charge is 0.307 e. The zero-order valence-corrected chi connectivity index (χ0v) is 13.8. The summed E-state index contributed by atoms with van der Waals surface area (Å²) in [4.78, 5) is 27.8. The Hall–Kier alpha value is -2.11. The number of methoxy groups -OCH3 is 1. The first-order valence-corrected chi connectivity index (χ1v) is 7.50. The molecule has 1 amide bonds. The summed E-state index contributed by atoms with van der Waals surface area (Å²) < 4.78 is 4.68. The molecule has 0 bridgehead atoms. The van der Waals surface area contributed by atoms with Gasteiger partial charge in [-0.05, 0) is 23.8 Å². The number of benzene rings is 1. The summed E-state index contributed by atoms with van der Waals surface area (Å²) in [5.41, 5.74) is 0.972. The predicted molar refractivity (Wildman–Crippen MR) is 87.5 cm³/mol. The van der Waals surface area contributed by atoms with Crippen LogP contribution in [0.4, 0.5) is 0 Å². The molecule has 0 aliphatic carbocycles. The molecule has 0 aliphatic heterocycles. The van der Waals surface area contributed by atoms with Crippen molar-refractivity contribution in [2.45, 2.75) is 12.5 Å². The third kappa shape index (κ3) is 4.68. The van der Waals surface area contributed by atoms with Crippen LogP contribution in [0.3, 0.4) is 0 Å². The number of rotatable bonds is 5. The number of pyridine rings is 1. The Morgan fingerprint density at radius 3 is 2.65 bits per heavy atom. The molecule has 1 aromatic carbocycles. The number of nitrogens with one attached hydrogen (secondary N) is 1. The van der Waals surface area contributed by atoms with Crippen LogP contribution in [0.15, 0.2) is 42.6 Å². The number of aromatic nitrogens is 1. The molecule has 120 valence electrons. The van der Waals surface area contributed by atoms with Crippen LogP contribution in [-0.4, -0.2) is 24.0 Å². The van der Waals surface area contributed by atoms with Gasteiger partial charge < -0.3 is 10.1 Å². The van der Waals surface area contributed by atoms with Crippen molar-refractivity contribution in [3.8, 4) is 0 Å². The maximum atomic E-state index is 12.4. The number of hydrogen-bond acceptors (Lipinski definition) is 4. The van der Waals surface area contributed by atoms with Gasteiger partial charge in [0.15, 0.2) is 0 Å². The average molecular weight is 353 g/mol. The van der Waals surface area contributed by atoms with Crippen LogP contribution in [0.5, 0.6) is 0 Å². The van der Waals surface area contributed by atoms with Crippen LogP contribution in [0.25, 0.3) is 0 Å². The number of ether oxygens (including phenoxy) is 1. The molecule has 7 heteroatoms. The van der Waals surface area contributed by atoms with E-state index in [1.54, 1.807) is 24.3 Å². The molecule has 23 heavy (non-hydrogen) atoms. The van der Waals surface area contributed by atoms with Crippen molar-refractivity contribution in [2.24, 2.45) is 0 Å². The van der Waals surface area contributed by atoms with Crippen molar-refractivity contribution in [1.29, 1.82) is 0 Å². The Morgan fingerprint density at radius 1 is 1.26 bits per heavy atom. The molecule has 5 nitrogen and oxygen atoms in total. The highest BCUT2D eigenvalue weighted by molar-refractivity contribution is 6.31. The minimum atomic E-state index is -0.615. The van der Waals surface area contributed by atoms with Gasteiger partial charge >= 0.3 is 5.97 Å². The molecule has 1 atom stereocenters. The van der Waals surface area contributed by atoms with Crippen LogP contribution in [0.2, 0.25) is 10.2 Å². The Bertz CT molecular complexity index is 722. The van der Waals surface area contributed by atoms with E-state index in [-0.39, 0.29) is 17.5 Å². The SMILES string of the molecule is COC(=O)CC(NC(=O)c1ccnc(Cl)c1)c1ccccc1Cl. The monoisotopic (exact) mass is 352 g/mol. The largest absolute Gasteiger partial charge is 0.469 e. The highest BCUT2D eigenvalue weighted by Gasteiger charge is 2.21. The number of halogens is 2. The zero-order valence-electron chi connectivity index (χ0n) is 12.3. The number of carbonyl (C=O) groups is 2. The highest BCUT2D eigenvalue weighted by atomic mass is 35.5. The highest BCUT2D eigenvalue weighted by Crippen LogP contribution is 2.26. The lowest BCUT2D eigenvalue weighted by Gasteiger charge is -2.19. The molecule has 0 saturated heterocycles. The summed E-state index contributed by atoms with van der Waals surface area (Å²) in [6.07, 6.45) is 1.40. The molecule has 0 radical (unpaired) electrons. The lowest BCUT2D eigenvalue weighted by Crippen LogP contribution is -2.30. The topological polar surface area (TPSA) is 68.3 Å². The maximum Gasteiger partial charge on any atom is 0.307 e. The van der Waals surface area contributed by atoms with E-state index in [2.05, 4.69) is 15.0 Å². The quantitative estimate of drug-likeness (QED) is 0.661. The molecule has 0 spiro atoms. The van der Waals surface area contributed by atoms with Gasteiger partial charge in [0.05, 0.1) is 19.6 Å². The van der Waals surface area contributed by atoms with Crippen LogP contribution >= 0.6 is 23.2 Å². The van der Waals surface area contributed by atoms with Crippen molar-refractivity contribution in [1.82, 2.24) is 10.3 Å². The summed E-state index contributed by atoms with van der Waals surface area (Å²) in [5, 5.41) is 3.43. The van der Waals surface area contributed by atoms with E-state index in [4.69, 9.17) is 23.2 Å². The molecular formula is C16H14Cl2N2O3. The molecule has 1 aromatic heterocycles. The van der Waals surface area contributed by atoms with Gasteiger partial charge in [0.25, 0.3) is 5.91 Å². The summed E-state index contributed by atoms with van der Waals surface area (Å²) in [5.74, 6) is -0.842. The minimum absolute atomic E-state index is 0.0369. The molecule has 2 aromatic rings. The van der Waals surface area contributed by atoms with Crippen LogP contribution < -0.4 is 5.32 Å². The molecule has 1 heterocycles. The maximum absolute atomic E-state index is 12.4. The molecule has 0 fully saturated rings. The molecule has 0 saturated carbocycles. The number of amides is 1. The van der Waals surface area contributed by atoms with Gasteiger partial charge in [-0.3, -0.25) is 9.59 Å². The second-order valence-electron chi connectivity index (χ2n) is 4.70. The van der Waals surface area contributed by atoms with E-state index >= 15 is 0 Å². The van der Waals surface area contributed by atoms with Crippen molar-refractivity contribution in [2.75, 3.05) is 7.11 Å². The Balaban J connectivity index is 2.26. The molecule has 2 rings (SSSR count). The lowest BCUT2D eigenvalue weighted by atomic mass is 10.0. The van der Waals surface area contributed by atoms with Gasteiger partial charge in [-0.25, -0.2) is 4.98 Å².